The summed E-state index contributed by atoms with van der Waals surface area (Å²) in [6.45, 7) is 4.36. The van der Waals surface area contributed by atoms with Gasteiger partial charge in [-0.05, 0) is 55.3 Å². The molecule has 3 aromatic rings. The Labute approximate surface area is 187 Å². The van der Waals surface area contributed by atoms with Crippen LogP contribution in [-0.4, -0.2) is 18.0 Å². The normalized spacial score (nSPS) is 12.7. The summed E-state index contributed by atoms with van der Waals surface area (Å²) in [6.07, 6.45) is 5.11. The van der Waals surface area contributed by atoms with E-state index in [1.807, 2.05) is 17.5 Å². The van der Waals surface area contributed by atoms with Gasteiger partial charge in [0.25, 0.3) is 5.91 Å². The lowest BCUT2D eigenvalue weighted by Gasteiger charge is -2.08. The summed E-state index contributed by atoms with van der Waals surface area (Å²) in [4.78, 5) is 17.1. The van der Waals surface area contributed by atoms with Crippen LogP contribution in [0.15, 0.2) is 47.8 Å². The van der Waals surface area contributed by atoms with Crippen molar-refractivity contribution in [3.8, 4) is 17.0 Å². The molecule has 0 radical (unpaired) electrons. The minimum absolute atomic E-state index is 0.193. The zero-order valence-corrected chi connectivity index (χ0v) is 19.1. The number of amides is 1. The van der Waals surface area contributed by atoms with Gasteiger partial charge in [-0.3, -0.25) is 4.79 Å². The standard InChI is InChI=1S/C20H17ClN2O2S.C4H10/c1-25-15-7-4-12(5-8-15)19(24)22-14-6-9-16(17(21)10-14)18-11-26-20(23-18)13-2-3-13;1-3-4-2/h4-11,13H,2-3H2,1H3,(H,22,24);3-4H2,1-2H3. The van der Waals surface area contributed by atoms with E-state index in [0.717, 1.165) is 11.3 Å². The average Bonchev–Trinajstić information content (AvgIpc) is 3.51. The van der Waals surface area contributed by atoms with E-state index < -0.39 is 0 Å². The number of thiazole rings is 1. The first-order valence-electron chi connectivity index (χ1n) is 10.3. The molecule has 0 spiro atoms. The van der Waals surface area contributed by atoms with Crippen LogP contribution in [0.3, 0.4) is 0 Å². The molecule has 1 amide bonds. The highest BCUT2D eigenvalue weighted by Crippen LogP contribution is 2.43. The fourth-order valence-corrected chi connectivity index (χ4v) is 3.94. The van der Waals surface area contributed by atoms with Crippen LogP contribution < -0.4 is 10.1 Å². The van der Waals surface area contributed by atoms with Crippen LogP contribution in [0.1, 0.15) is 60.8 Å². The number of hydrogen-bond acceptors (Lipinski definition) is 4. The minimum Gasteiger partial charge on any atom is -0.497 e. The Morgan fingerprint density at radius 3 is 2.43 bits per heavy atom. The molecule has 0 aliphatic heterocycles. The molecule has 2 aromatic carbocycles. The molecule has 1 aliphatic rings. The number of unbranched alkanes of at least 4 members (excludes halogenated alkanes) is 1. The summed E-state index contributed by atoms with van der Waals surface area (Å²) < 4.78 is 5.10. The van der Waals surface area contributed by atoms with Crippen molar-refractivity contribution in [2.75, 3.05) is 12.4 Å². The van der Waals surface area contributed by atoms with Crippen molar-refractivity contribution >= 4 is 34.5 Å². The molecule has 4 rings (SSSR count). The first-order valence-corrected chi connectivity index (χ1v) is 11.5. The molecular weight excluding hydrogens is 416 g/mol. The second kappa shape index (κ2) is 10.6. The molecule has 1 heterocycles. The Balaban J connectivity index is 0.000000589. The van der Waals surface area contributed by atoms with Gasteiger partial charge in [-0.2, -0.15) is 0 Å². The molecule has 1 aromatic heterocycles. The second-order valence-electron chi connectivity index (χ2n) is 7.22. The van der Waals surface area contributed by atoms with Crippen molar-refractivity contribution in [2.24, 2.45) is 0 Å². The van der Waals surface area contributed by atoms with E-state index in [1.54, 1.807) is 48.8 Å². The van der Waals surface area contributed by atoms with Crippen LogP contribution in [0.2, 0.25) is 5.02 Å². The van der Waals surface area contributed by atoms with Crippen molar-refractivity contribution in [3.05, 3.63) is 63.4 Å². The number of halogens is 1. The van der Waals surface area contributed by atoms with Crippen molar-refractivity contribution < 1.29 is 9.53 Å². The Morgan fingerprint density at radius 1 is 1.17 bits per heavy atom. The van der Waals surface area contributed by atoms with Gasteiger partial charge in [-0.25, -0.2) is 4.98 Å². The summed E-state index contributed by atoms with van der Waals surface area (Å²) >= 11 is 8.12. The number of rotatable bonds is 6. The molecule has 158 valence electrons. The van der Waals surface area contributed by atoms with Gasteiger partial charge in [-0.15, -0.1) is 11.3 Å². The van der Waals surface area contributed by atoms with E-state index in [9.17, 15) is 4.79 Å². The smallest absolute Gasteiger partial charge is 0.255 e. The topological polar surface area (TPSA) is 51.2 Å². The van der Waals surface area contributed by atoms with Crippen LogP contribution in [-0.2, 0) is 0 Å². The molecule has 30 heavy (non-hydrogen) atoms. The first-order chi connectivity index (χ1) is 14.5. The van der Waals surface area contributed by atoms with Gasteiger partial charge in [0.15, 0.2) is 0 Å². The largest absolute Gasteiger partial charge is 0.497 e. The van der Waals surface area contributed by atoms with E-state index in [4.69, 9.17) is 21.3 Å². The number of ether oxygens (including phenoxy) is 1. The van der Waals surface area contributed by atoms with Crippen molar-refractivity contribution in [2.45, 2.75) is 45.4 Å². The molecule has 1 saturated carbocycles. The zero-order chi connectivity index (χ0) is 21.5. The highest BCUT2D eigenvalue weighted by molar-refractivity contribution is 7.10. The van der Waals surface area contributed by atoms with Crippen LogP contribution in [0, 0.1) is 0 Å². The summed E-state index contributed by atoms with van der Waals surface area (Å²) in [5.74, 6) is 1.15. The number of benzene rings is 2. The van der Waals surface area contributed by atoms with E-state index in [2.05, 4.69) is 19.2 Å². The van der Waals surface area contributed by atoms with Crippen LogP contribution in [0.4, 0.5) is 5.69 Å². The third-order valence-corrected chi connectivity index (χ3v) is 6.12. The maximum Gasteiger partial charge on any atom is 0.255 e. The minimum atomic E-state index is -0.193. The van der Waals surface area contributed by atoms with E-state index in [1.165, 1.54) is 30.7 Å². The molecule has 0 atom stereocenters. The Morgan fingerprint density at radius 2 is 1.87 bits per heavy atom. The number of methoxy groups -OCH3 is 1. The summed E-state index contributed by atoms with van der Waals surface area (Å²) in [7, 11) is 1.59. The molecule has 0 bridgehead atoms. The Hall–Kier alpha value is -2.37. The predicted octanol–water partition coefficient (Wildman–Crippen LogP) is 7.41. The highest BCUT2D eigenvalue weighted by atomic mass is 35.5. The molecule has 6 heteroatoms. The van der Waals surface area contributed by atoms with Crippen molar-refractivity contribution in [1.29, 1.82) is 0 Å². The molecule has 1 aliphatic carbocycles. The van der Waals surface area contributed by atoms with Gasteiger partial charge in [0.05, 0.1) is 22.8 Å². The van der Waals surface area contributed by atoms with Gasteiger partial charge in [0, 0.05) is 28.1 Å². The van der Waals surface area contributed by atoms with E-state index in [0.29, 0.717) is 27.9 Å². The van der Waals surface area contributed by atoms with Crippen LogP contribution in [0.5, 0.6) is 5.75 Å². The summed E-state index contributed by atoms with van der Waals surface area (Å²) in [5, 5.41) is 6.67. The number of carbonyl (C=O) groups excluding carboxylic acids is 1. The van der Waals surface area contributed by atoms with Crippen LogP contribution in [0.25, 0.3) is 11.3 Å². The number of carbonyl (C=O) groups is 1. The fourth-order valence-electron chi connectivity index (χ4n) is 2.68. The monoisotopic (exact) mass is 442 g/mol. The van der Waals surface area contributed by atoms with Gasteiger partial charge >= 0.3 is 0 Å². The van der Waals surface area contributed by atoms with Crippen molar-refractivity contribution in [1.82, 2.24) is 4.98 Å². The first kappa shape index (κ1) is 22.3. The molecular formula is C24H27ClN2O2S. The average molecular weight is 443 g/mol. The molecule has 4 nitrogen and oxygen atoms in total. The van der Waals surface area contributed by atoms with Gasteiger partial charge < -0.3 is 10.1 Å². The SMILES string of the molecule is CCCC.COc1ccc(C(=O)Nc2ccc(-c3csc(C4CC4)n3)c(Cl)c2)cc1. The number of hydrogen-bond donors (Lipinski definition) is 1. The quantitative estimate of drug-likeness (QED) is 0.432. The molecule has 0 unspecified atom stereocenters. The lowest BCUT2D eigenvalue weighted by atomic mass is 10.1. The third-order valence-electron chi connectivity index (χ3n) is 4.80. The number of nitrogens with one attached hydrogen (secondary N) is 1. The summed E-state index contributed by atoms with van der Waals surface area (Å²) in [5.41, 5.74) is 2.99. The number of anilines is 1. The third kappa shape index (κ3) is 5.83. The molecule has 1 fully saturated rings. The zero-order valence-electron chi connectivity index (χ0n) is 17.6. The second-order valence-corrected chi connectivity index (χ2v) is 8.52. The predicted molar refractivity (Wildman–Crippen MR) is 126 cm³/mol. The van der Waals surface area contributed by atoms with Gasteiger partial charge in [0.2, 0.25) is 0 Å². The maximum absolute atomic E-state index is 12.4. The fraction of sp³-hybridized carbons (Fsp3) is 0.333. The Kier molecular flexibility index (Phi) is 7.88. The Bertz CT molecular complexity index is 979. The van der Waals surface area contributed by atoms with Gasteiger partial charge in [-0.1, -0.05) is 38.3 Å². The molecule has 0 saturated heterocycles. The summed E-state index contributed by atoms with van der Waals surface area (Å²) in [6, 6.07) is 12.5. The maximum atomic E-state index is 12.4. The molecule has 1 N–H and O–H groups in total. The van der Waals surface area contributed by atoms with Gasteiger partial charge in [0.1, 0.15) is 5.75 Å². The highest BCUT2D eigenvalue weighted by Gasteiger charge is 2.27. The van der Waals surface area contributed by atoms with E-state index >= 15 is 0 Å². The number of aromatic nitrogens is 1. The van der Waals surface area contributed by atoms with Crippen LogP contribution >= 0.6 is 22.9 Å². The lowest BCUT2D eigenvalue weighted by Crippen LogP contribution is -2.11. The van der Waals surface area contributed by atoms with Crippen molar-refractivity contribution in [3.63, 3.8) is 0 Å². The number of nitrogens with zero attached hydrogens (tertiary/aromatic N) is 1. The van der Waals surface area contributed by atoms with E-state index in [-0.39, 0.29) is 5.91 Å². The lowest BCUT2D eigenvalue weighted by molar-refractivity contribution is 0.102.